The molecule has 0 aromatic heterocycles. The number of aliphatic carboxylic acids is 2. The number of hydrogen-bond donors (Lipinski definition) is 3. The summed E-state index contributed by atoms with van der Waals surface area (Å²) in [7, 11) is -3.56. The van der Waals surface area contributed by atoms with E-state index in [-0.39, 0.29) is 12.8 Å². The fourth-order valence-corrected chi connectivity index (χ4v) is 8.82. The van der Waals surface area contributed by atoms with E-state index in [2.05, 4.69) is 6.55 Å². The minimum absolute atomic E-state index is 0.0197. The van der Waals surface area contributed by atoms with Crippen LogP contribution in [0.25, 0.3) is 0 Å². The van der Waals surface area contributed by atoms with Gasteiger partial charge in [0.1, 0.15) is 0 Å². The molecule has 1 unspecified atom stereocenters. The first-order valence-electron chi connectivity index (χ1n) is 8.84. The fourth-order valence-electron chi connectivity index (χ4n) is 3.03. The van der Waals surface area contributed by atoms with Gasteiger partial charge < -0.3 is 15.0 Å². The molecule has 0 saturated heterocycles. The number of hydrogen-bond acceptors (Lipinski definition) is 3. The van der Waals surface area contributed by atoms with Gasteiger partial charge in [0, 0.05) is 0 Å². The smallest absolute Gasteiger partial charge is 0.307 e. The summed E-state index contributed by atoms with van der Waals surface area (Å²) in [5, 5.41) is 19.9. The van der Waals surface area contributed by atoms with E-state index in [4.69, 9.17) is 10.2 Å². The number of benzene rings is 2. The van der Waals surface area contributed by atoms with Gasteiger partial charge in [-0.2, -0.15) is 0 Å². The van der Waals surface area contributed by atoms with Crippen molar-refractivity contribution < 1.29 is 24.6 Å². The lowest BCUT2D eigenvalue weighted by atomic mass is 10.2. The van der Waals surface area contributed by atoms with Crippen LogP contribution in [0.2, 0.25) is 25.2 Å². The van der Waals surface area contributed by atoms with Gasteiger partial charge in [0.25, 0.3) is 0 Å². The molecule has 0 aliphatic carbocycles. The largest absolute Gasteiger partial charge is 0.481 e. The molecule has 2 aromatic rings. The van der Waals surface area contributed by atoms with Crippen LogP contribution in [0.15, 0.2) is 48.5 Å². The minimum Gasteiger partial charge on any atom is -0.481 e. The highest BCUT2D eigenvalue weighted by atomic mass is 28.4. The Labute approximate surface area is 162 Å². The van der Waals surface area contributed by atoms with Crippen molar-refractivity contribution in [1.82, 2.24) is 0 Å². The molecule has 0 bridgehead atoms. The van der Waals surface area contributed by atoms with Crippen molar-refractivity contribution in [3.05, 3.63) is 59.7 Å². The van der Waals surface area contributed by atoms with Gasteiger partial charge >= 0.3 is 11.9 Å². The SMILES string of the molecule is C[Si](CC[Si](C)(O)c1cccc(CC(=O)O)c1)c1cccc(CC(=O)O)c1. The van der Waals surface area contributed by atoms with Gasteiger partial charge in [0.05, 0.1) is 21.6 Å². The van der Waals surface area contributed by atoms with Gasteiger partial charge in [-0.15, -0.1) is 0 Å². The Morgan fingerprint density at radius 1 is 0.963 bits per heavy atom. The molecule has 2 aromatic carbocycles. The highest BCUT2D eigenvalue weighted by Gasteiger charge is 2.28. The maximum Gasteiger partial charge on any atom is 0.307 e. The van der Waals surface area contributed by atoms with Crippen LogP contribution < -0.4 is 10.4 Å². The molecule has 0 saturated carbocycles. The molecule has 3 N–H and O–H groups in total. The van der Waals surface area contributed by atoms with Crippen molar-refractivity contribution in [2.45, 2.75) is 38.0 Å². The average molecular weight is 402 g/mol. The highest BCUT2D eigenvalue weighted by molar-refractivity contribution is 6.86. The molecule has 0 amide bonds. The van der Waals surface area contributed by atoms with E-state index >= 15 is 0 Å². The van der Waals surface area contributed by atoms with Crippen LogP contribution in [0, 0.1) is 0 Å². The summed E-state index contributed by atoms with van der Waals surface area (Å²) in [6, 6.07) is 16.6. The summed E-state index contributed by atoms with van der Waals surface area (Å²) in [6.45, 7) is 4.07. The maximum atomic E-state index is 11.0. The second-order valence-corrected chi connectivity index (χ2v) is 13.4. The van der Waals surface area contributed by atoms with Crippen LogP contribution in [-0.2, 0) is 22.4 Å². The van der Waals surface area contributed by atoms with E-state index in [1.54, 1.807) is 6.07 Å². The fraction of sp³-hybridized carbons (Fsp3) is 0.300. The predicted molar refractivity (Wildman–Crippen MR) is 110 cm³/mol. The predicted octanol–water partition coefficient (Wildman–Crippen LogP) is 1.75. The van der Waals surface area contributed by atoms with Crippen LogP contribution in [0.5, 0.6) is 0 Å². The third-order valence-electron chi connectivity index (χ3n) is 4.67. The Bertz CT molecular complexity index is 820. The quantitative estimate of drug-likeness (QED) is 0.557. The molecule has 0 spiro atoms. The lowest BCUT2D eigenvalue weighted by molar-refractivity contribution is -0.137. The van der Waals surface area contributed by atoms with E-state index in [0.717, 1.165) is 16.8 Å². The highest BCUT2D eigenvalue weighted by Crippen LogP contribution is 2.14. The van der Waals surface area contributed by atoms with Gasteiger partial charge in [0.2, 0.25) is 8.32 Å². The Balaban J connectivity index is 2.06. The molecule has 5 nitrogen and oxygen atoms in total. The van der Waals surface area contributed by atoms with Crippen molar-refractivity contribution >= 4 is 39.4 Å². The summed E-state index contributed by atoms with van der Waals surface area (Å²) >= 11 is 0. The minimum atomic E-state index is -2.66. The van der Waals surface area contributed by atoms with Crippen LogP contribution in [0.3, 0.4) is 0 Å². The molecule has 1 radical (unpaired) electrons. The zero-order chi connectivity index (χ0) is 20.0. The molecule has 0 fully saturated rings. The van der Waals surface area contributed by atoms with Crippen molar-refractivity contribution in [3.8, 4) is 0 Å². The van der Waals surface area contributed by atoms with E-state index in [1.807, 2.05) is 49.0 Å². The molecule has 27 heavy (non-hydrogen) atoms. The maximum absolute atomic E-state index is 11.0. The van der Waals surface area contributed by atoms with Crippen LogP contribution in [-0.4, -0.2) is 44.1 Å². The zero-order valence-corrected chi connectivity index (χ0v) is 17.6. The van der Waals surface area contributed by atoms with Crippen LogP contribution in [0.1, 0.15) is 11.1 Å². The summed E-state index contributed by atoms with van der Waals surface area (Å²) in [4.78, 5) is 32.9. The Morgan fingerprint density at radius 3 is 2.11 bits per heavy atom. The van der Waals surface area contributed by atoms with Gasteiger partial charge in [-0.05, 0) is 28.9 Å². The topological polar surface area (TPSA) is 94.8 Å². The van der Waals surface area contributed by atoms with Gasteiger partial charge in [-0.3, -0.25) is 9.59 Å². The molecule has 7 heteroatoms. The molecule has 0 aliphatic heterocycles. The normalized spacial score (nSPS) is 13.3. The number of carbonyl (C=O) groups is 2. The monoisotopic (exact) mass is 401 g/mol. The first kappa shape index (κ1) is 21.1. The molecule has 2 rings (SSSR count). The van der Waals surface area contributed by atoms with Crippen LogP contribution in [0.4, 0.5) is 0 Å². The molecule has 0 heterocycles. The van der Waals surface area contributed by atoms with Crippen LogP contribution >= 0.6 is 0 Å². The molecular weight excluding hydrogens is 376 g/mol. The Morgan fingerprint density at radius 2 is 1.52 bits per heavy atom. The van der Waals surface area contributed by atoms with Gasteiger partial charge in [-0.1, -0.05) is 66.3 Å². The van der Waals surface area contributed by atoms with E-state index in [9.17, 15) is 14.4 Å². The van der Waals surface area contributed by atoms with E-state index < -0.39 is 29.1 Å². The molecule has 143 valence electrons. The number of rotatable bonds is 9. The Kier molecular flexibility index (Phi) is 7.12. The zero-order valence-electron chi connectivity index (χ0n) is 15.6. The first-order chi connectivity index (χ1) is 12.7. The van der Waals surface area contributed by atoms with E-state index in [1.165, 1.54) is 5.19 Å². The summed E-state index contributed by atoms with van der Waals surface area (Å²) < 4.78 is 0. The average Bonchev–Trinajstić information content (AvgIpc) is 2.59. The number of carboxylic acid groups (broad SMARTS) is 2. The Hall–Kier alpha value is -2.23. The molecular formula is C20H25O5Si2. The van der Waals surface area contributed by atoms with Gasteiger partial charge in [-0.25, -0.2) is 0 Å². The summed E-state index contributed by atoms with van der Waals surface area (Å²) in [5.41, 5.74) is 1.51. The molecule has 1 atom stereocenters. The third-order valence-corrected chi connectivity index (χ3v) is 10.2. The second kappa shape index (κ2) is 9.12. The standard InChI is InChI=1S/C20H25O5Si2/c1-26(17-7-3-5-15(11-17)13-19(21)22)9-10-27(2,25)18-8-4-6-16(12-18)14-20(23)24/h3-8,11-12,25H,9-10,13-14H2,1-2H3,(H,21,22)(H,23,24). The van der Waals surface area contributed by atoms with E-state index in [0.29, 0.717) is 11.6 Å². The second-order valence-electron chi connectivity index (χ2n) is 7.10. The number of carboxylic acids is 2. The van der Waals surface area contributed by atoms with Crippen molar-refractivity contribution in [3.63, 3.8) is 0 Å². The third kappa shape index (κ3) is 6.46. The molecule has 0 aliphatic rings. The van der Waals surface area contributed by atoms with Crippen molar-refractivity contribution in [2.24, 2.45) is 0 Å². The van der Waals surface area contributed by atoms with Gasteiger partial charge in [0.15, 0.2) is 0 Å². The lowest BCUT2D eigenvalue weighted by Crippen LogP contribution is -2.46. The summed E-state index contributed by atoms with van der Waals surface area (Å²) in [5.74, 6) is -1.72. The van der Waals surface area contributed by atoms with Crippen molar-refractivity contribution in [2.75, 3.05) is 0 Å². The first-order valence-corrected chi connectivity index (χ1v) is 13.7. The lowest BCUT2D eigenvalue weighted by Gasteiger charge is -2.23. The summed E-state index contributed by atoms with van der Waals surface area (Å²) in [6.07, 6.45) is -0.0245. The van der Waals surface area contributed by atoms with Crippen molar-refractivity contribution in [1.29, 1.82) is 0 Å².